The summed E-state index contributed by atoms with van der Waals surface area (Å²) in [6.45, 7) is 8.59. The van der Waals surface area contributed by atoms with E-state index in [0.29, 0.717) is 12.2 Å². The molecule has 0 aliphatic carbocycles. The first-order valence-electron chi connectivity index (χ1n) is 4.45. The normalized spacial score (nSPS) is 12.9. The van der Waals surface area contributed by atoms with E-state index in [1.807, 2.05) is 13.0 Å². The van der Waals surface area contributed by atoms with Crippen LogP contribution in [0.1, 0.15) is 27.7 Å². The van der Waals surface area contributed by atoms with Crippen LogP contribution >= 0.6 is 0 Å². The van der Waals surface area contributed by atoms with Crippen molar-refractivity contribution in [3.05, 3.63) is 23.0 Å². The second-order valence-electron chi connectivity index (χ2n) is 2.98. The van der Waals surface area contributed by atoms with Gasteiger partial charge in [0.2, 0.25) is 0 Å². The van der Waals surface area contributed by atoms with Crippen LogP contribution < -0.4 is 0 Å². The van der Waals surface area contributed by atoms with Crippen molar-refractivity contribution in [2.45, 2.75) is 27.7 Å². The minimum atomic E-state index is 0.485. The molecular formula is C11H14O2W2. The topological polar surface area (TPSA) is 26.3 Å². The van der Waals surface area contributed by atoms with Gasteiger partial charge in [0, 0.05) is 0 Å². The van der Waals surface area contributed by atoms with Crippen LogP contribution in [0.5, 0.6) is 0 Å². The zero-order valence-electron chi connectivity index (χ0n) is 9.29. The Balaban J connectivity index is 5.50. The molecule has 0 spiro atoms. The Kier molecular flexibility index (Phi) is 7.39. The fourth-order valence-corrected chi connectivity index (χ4v) is 2.40. The van der Waals surface area contributed by atoms with Gasteiger partial charge in [-0.3, -0.25) is 0 Å². The van der Waals surface area contributed by atoms with Crippen molar-refractivity contribution in [2.24, 2.45) is 0 Å². The number of carbonyl (C=O) groups is 1. The van der Waals surface area contributed by atoms with Crippen LogP contribution in [0.15, 0.2) is 23.0 Å². The van der Waals surface area contributed by atoms with Crippen LogP contribution in [0, 0.1) is 0 Å². The summed E-state index contributed by atoms with van der Waals surface area (Å²) in [5.74, 6) is 0.663. The van der Waals surface area contributed by atoms with Gasteiger partial charge < -0.3 is 0 Å². The summed E-state index contributed by atoms with van der Waals surface area (Å²) in [5, 5.41) is 0. The van der Waals surface area contributed by atoms with Crippen LogP contribution in [-0.2, 0) is 48.2 Å². The predicted molar refractivity (Wildman–Crippen MR) is 55.0 cm³/mol. The third kappa shape index (κ3) is 4.61. The molecule has 0 saturated carbocycles. The summed E-state index contributed by atoms with van der Waals surface area (Å²) >= 11 is 2.84. The van der Waals surface area contributed by atoms with E-state index in [2.05, 4.69) is 20.8 Å². The summed E-state index contributed by atoms with van der Waals surface area (Å²) in [7, 11) is 0. The Morgan fingerprint density at radius 3 is 1.93 bits per heavy atom. The Morgan fingerprint density at radius 2 is 1.67 bits per heavy atom. The van der Waals surface area contributed by atoms with E-state index in [4.69, 9.17) is 4.74 Å². The third-order valence-electron chi connectivity index (χ3n) is 1.94. The van der Waals surface area contributed by atoms with E-state index < -0.39 is 0 Å². The first-order valence-corrected chi connectivity index (χ1v) is 7.38. The zero-order chi connectivity index (χ0) is 12.0. The molecule has 0 unspecified atom stereocenters. The van der Waals surface area contributed by atoms with Gasteiger partial charge in [-0.15, -0.1) is 0 Å². The van der Waals surface area contributed by atoms with Crippen LogP contribution in [0.2, 0.25) is 0 Å². The van der Waals surface area contributed by atoms with Crippen LogP contribution in [0.3, 0.4) is 0 Å². The molecule has 0 aliphatic rings. The fraction of sp³-hybridized carbons (Fsp3) is 0.364. The summed E-state index contributed by atoms with van der Waals surface area (Å²) in [6.07, 6.45) is 1.83. The number of carbonyl (C=O) groups excluding carboxylic acids is 1. The van der Waals surface area contributed by atoms with E-state index in [0.717, 1.165) is 5.57 Å². The predicted octanol–water partition coefficient (Wildman–Crippen LogP) is 1.86. The molecule has 4 heteroatoms. The number of hydrogen-bond acceptors (Lipinski definition) is 2. The molecule has 0 atom stereocenters. The van der Waals surface area contributed by atoms with E-state index in [9.17, 15) is 4.79 Å². The number of rotatable bonds is 5. The van der Waals surface area contributed by atoms with Gasteiger partial charge in [0.05, 0.1) is 0 Å². The second kappa shape index (κ2) is 7.36. The summed E-state index contributed by atoms with van der Waals surface area (Å²) in [4.78, 5) is 10.4. The summed E-state index contributed by atoms with van der Waals surface area (Å²) in [5.41, 5.74) is 2.29. The molecule has 0 saturated heterocycles. The van der Waals surface area contributed by atoms with E-state index >= 15 is 0 Å². The molecule has 0 rings (SSSR count). The van der Waals surface area contributed by atoms with Crippen molar-refractivity contribution >= 4 is 14.3 Å². The van der Waals surface area contributed by atoms with Gasteiger partial charge in [-0.25, -0.2) is 0 Å². The van der Waals surface area contributed by atoms with Crippen LogP contribution in [0.4, 0.5) is 0 Å². The second-order valence-corrected chi connectivity index (χ2v) is 7.38. The Hall–Kier alpha value is 0.0666. The molecular weight excluding hydrogens is 532 g/mol. The van der Waals surface area contributed by atoms with Crippen molar-refractivity contribution in [1.29, 1.82) is 0 Å². The summed E-state index contributed by atoms with van der Waals surface area (Å²) < 4.78 is 7.55. The molecule has 15 heavy (non-hydrogen) atoms. The maximum atomic E-state index is 10.4. The van der Waals surface area contributed by atoms with Gasteiger partial charge in [-0.05, 0) is 0 Å². The van der Waals surface area contributed by atoms with Gasteiger partial charge >= 0.3 is 113 Å². The number of hydrogen-bond donors (Lipinski definition) is 0. The Bertz CT molecular complexity index is 352. The third-order valence-corrected chi connectivity index (χ3v) is 3.77. The van der Waals surface area contributed by atoms with Gasteiger partial charge in [0.1, 0.15) is 0 Å². The zero-order valence-corrected chi connectivity index (χ0v) is 15.2. The maximum absolute atomic E-state index is 10.4. The minimum absolute atomic E-state index is 0.485. The first-order chi connectivity index (χ1) is 6.95. The molecule has 2 nitrogen and oxygen atoms in total. The first kappa shape index (κ1) is 15.1. The average molecular weight is 546 g/mol. The van der Waals surface area contributed by atoms with Crippen molar-refractivity contribution in [1.82, 2.24) is 0 Å². The SMILES string of the molecule is CC=C(OC=O)C([C](C)=[W])=C(C)[C](C)=[W]. The quantitative estimate of drug-likeness (QED) is 0.300. The molecule has 0 amide bonds. The average Bonchev–Trinajstić information content (AvgIpc) is 2.15. The van der Waals surface area contributed by atoms with Crippen molar-refractivity contribution in [3.63, 3.8) is 0 Å². The Morgan fingerprint density at radius 1 is 1.13 bits per heavy atom. The van der Waals surface area contributed by atoms with E-state index in [-0.39, 0.29) is 0 Å². The molecule has 0 radical (unpaired) electrons. The fourth-order valence-electron chi connectivity index (χ4n) is 1.12. The van der Waals surface area contributed by atoms with Crippen molar-refractivity contribution in [3.8, 4) is 0 Å². The van der Waals surface area contributed by atoms with Crippen LogP contribution in [-0.4, -0.2) is 14.3 Å². The van der Waals surface area contributed by atoms with E-state index in [1.165, 1.54) is 52.1 Å². The molecule has 0 fully saturated rings. The van der Waals surface area contributed by atoms with Crippen molar-refractivity contribution in [2.75, 3.05) is 0 Å². The molecule has 0 aliphatic heterocycles. The molecule has 0 bridgehead atoms. The van der Waals surface area contributed by atoms with Gasteiger partial charge in [-0.2, -0.15) is 0 Å². The molecule has 0 aromatic rings. The van der Waals surface area contributed by atoms with Crippen molar-refractivity contribution < 1.29 is 48.2 Å². The van der Waals surface area contributed by atoms with Gasteiger partial charge in [0.25, 0.3) is 0 Å². The Labute approximate surface area is 113 Å². The molecule has 0 aromatic heterocycles. The van der Waals surface area contributed by atoms with Gasteiger partial charge in [-0.1, -0.05) is 0 Å². The summed E-state index contributed by atoms with van der Waals surface area (Å²) in [6, 6.07) is 0. The molecule has 0 aromatic carbocycles. The molecule has 82 valence electrons. The standard InChI is InChI=1S/C11H14O2.2W/c1-5-9(4)10(6-2)11(7-3)13-8-12;;/h7-8H,1-4H3;;. The number of allylic oxidation sites excluding steroid dienone is 3. The monoisotopic (exact) mass is 546 g/mol. The van der Waals surface area contributed by atoms with Crippen LogP contribution in [0.25, 0.3) is 0 Å². The van der Waals surface area contributed by atoms with Gasteiger partial charge in [0.15, 0.2) is 0 Å². The number of ether oxygens (including phenoxy) is 1. The van der Waals surface area contributed by atoms with E-state index in [1.54, 1.807) is 0 Å². The molecule has 0 N–H and O–H groups in total. The molecule has 0 heterocycles.